The molecule has 1 fully saturated rings. The van der Waals surface area contributed by atoms with Crippen molar-refractivity contribution in [3.8, 4) is 5.75 Å². The van der Waals surface area contributed by atoms with Crippen LogP contribution < -0.4 is 15.4 Å². The van der Waals surface area contributed by atoms with E-state index in [1.54, 1.807) is 20.2 Å². The van der Waals surface area contributed by atoms with E-state index in [9.17, 15) is 13.6 Å². The molecule has 1 aromatic rings. The van der Waals surface area contributed by atoms with Gasteiger partial charge in [0.05, 0.1) is 13.1 Å². The number of nitrogens with one attached hydrogen (secondary N) is 2. The van der Waals surface area contributed by atoms with Crippen molar-refractivity contribution in [1.82, 2.24) is 15.5 Å². The molecule has 0 aliphatic heterocycles. The van der Waals surface area contributed by atoms with Gasteiger partial charge in [0, 0.05) is 30.7 Å². The van der Waals surface area contributed by atoms with Crippen LogP contribution in [0.3, 0.4) is 0 Å². The second-order valence-corrected chi connectivity index (χ2v) is 7.00. The van der Waals surface area contributed by atoms with E-state index >= 15 is 0 Å². The van der Waals surface area contributed by atoms with Crippen LogP contribution in [0.25, 0.3) is 0 Å². The minimum Gasteiger partial charge on any atom is -0.434 e. The Hall–Kier alpha value is -2.09. The molecule has 9 heteroatoms. The molecule has 0 heterocycles. The van der Waals surface area contributed by atoms with Gasteiger partial charge in [0.1, 0.15) is 5.75 Å². The first-order valence-corrected chi connectivity index (χ1v) is 9.21. The highest BCUT2D eigenvalue weighted by Crippen LogP contribution is 2.25. The molecule has 1 aromatic carbocycles. The van der Waals surface area contributed by atoms with Gasteiger partial charge >= 0.3 is 6.61 Å². The molecule has 0 unspecified atom stereocenters. The number of halogens is 3. The van der Waals surface area contributed by atoms with Gasteiger partial charge in [-0.3, -0.25) is 4.79 Å². The fraction of sp³-hybridized carbons (Fsp3) is 0.556. The van der Waals surface area contributed by atoms with Crippen LogP contribution in [0.1, 0.15) is 31.2 Å². The fourth-order valence-corrected chi connectivity index (χ4v) is 2.97. The molecule has 150 valence electrons. The summed E-state index contributed by atoms with van der Waals surface area (Å²) in [7, 11) is 3.34. The summed E-state index contributed by atoms with van der Waals surface area (Å²) in [6.45, 7) is -2.76. The zero-order chi connectivity index (χ0) is 19.8. The van der Waals surface area contributed by atoms with Gasteiger partial charge in [0.15, 0.2) is 5.96 Å². The van der Waals surface area contributed by atoms with Crippen LogP contribution in [0.5, 0.6) is 5.75 Å². The lowest BCUT2D eigenvalue weighted by Crippen LogP contribution is -2.46. The van der Waals surface area contributed by atoms with Gasteiger partial charge in [-0.1, -0.05) is 24.4 Å². The van der Waals surface area contributed by atoms with E-state index in [1.165, 1.54) is 17.0 Å². The van der Waals surface area contributed by atoms with Crippen molar-refractivity contribution in [2.75, 3.05) is 20.6 Å². The number of likely N-dealkylation sites (N-methyl/N-ethyl adjacent to an activating group) is 1. The Morgan fingerprint density at radius 1 is 1.37 bits per heavy atom. The number of hydrogen-bond acceptors (Lipinski definition) is 3. The van der Waals surface area contributed by atoms with Gasteiger partial charge in [0.25, 0.3) is 0 Å². The summed E-state index contributed by atoms with van der Waals surface area (Å²) < 4.78 is 29.7. The van der Waals surface area contributed by atoms with Crippen LogP contribution in [0.15, 0.2) is 23.2 Å². The standard InChI is InChI=1S/C18H25ClF2N4O2/c1-25(2)16(26)11-23-18(24-14-5-3-4-6-14)22-10-12-9-13(19)7-8-15(12)27-17(20)21/h7-9,14,17H,3-6,10-11H2,1-2H3,(H2,22,23,24). The maximum atomic E-state index is 12.6. The molecule has 0 spiro atoms. The van der Waals surface area contributed by atoms with E-state index in [1.807, 2.05) is 0 Å². The van der Waals surface area contributed by atoms with E-state index in [2.05, 4.69) is 20.4 Å². The molecular weight excluding hydrogens is 378 g/mol. The van der Waals surface area contributed by atoms with Crippen molar-refractivity contribution in [3.63, 3.8) is 0 Å². The Morgan fingerprint density at radius 2 is 2.07 bits per heavy atom. The Balaban J connectivity index is 2.12. The highest BCUT2D eigenvalue weighted by molar-refractivity contribution is 6.30. The van der Waals surface area contributed by atoms with Gasteiger partial charge < -0.3 is 20.3 Å². The fourth-order valence-electron chi connectivity index (χ4n) is 2.78. The summed E-state index contributed by atoms with van der Waals surface area (Å²) in [5, 5.41) is 6.71. The van der Waals surface area contributed by atoms with Gasteiger partial charge in [-0.15, -0.1) is 0 Å². The highest BCUT2D eigenvalue weighted by Gasteiger charge is 2.17. The number of alkyl halides is 2. The molecule has 27 heavy (non-hydrogen) atoms. The third-order valence-corrected chi connectivity index (χ3v) is 4.48. The molecule has 6 nitrogen and oxygen atoms in total. The third-order valence-electron chi connectivity index (χ3n) is 4.25. The van der Waals surface area contributed by atoms with Gasteiger partial charge in [-0.2, -0.15) is 8.78 Å². The first-order chi connectivity index (χ1) is 12.8. The predicted octanol–water partition coefficient (Wildman–Crippen LogP) is 3.01. The number of rotatable bonds is 7. The number of carbonyl (C=O) groups excluding carboxylic acids is 1. The first kappa shape index (κ1) is 21.2. The van der Waals surface area contributed by atoms with Crippen LogP contribution in [-0.4, -0.2) is 50.1 Å². The molecule has 0 aromatic heterocycles. The largest absolute Gasteiger partial charge is 0.434 e. The molecule has 0 saturated heterocycles. The number of hydrogen-bond donors (Lipinski definition) is 2. The number of benzene rings is 1. The third kappa shape index (κ3) is 7.21. The van der Waals surface area contributed by atoms with E-state index in [4.69, 9.17) is 11.6 Å². The van der Waals surface area contributed by atoms with E-state index in [0.717, 1.165) is 25.7 Å². The maximum absolute atomic E-state index is 12.6. The van der Waals surface area contributed by atoms with Crippen LogP contribution in [0.4, 0.5) is 8.78 Å². The molecule has 1 amide bonds. The minimum atomic E-state index is -2.93. The lowest BCUT2D eigenvalue weighted by molar-refractivity contribution is -0.127. The number of guanidine groups is 1. The molecule has 2 rings (SSSR count). The molecule has 0 bridgehead atoms. The van der Waals surface area contributed by atoms with Crippen LogP contribution in [-0.2, 0) is 11.3 Å². The molecule has 1 saturated carbocycles. The quantitative estimate of drug-likeness (QED) is 0.543. The molecule has 2 N–H and O–H groups in total. The topological polar surface area (TPSA) is 66.0 Å². The normalized spacial score (nSPS) is 15.1. The first-order valence-electron chi connectivity index (χ1n) is 8.83. The van der Waals surface area contributed by atoms with Crippen LogP contribution in [0.2, 0.25) is 5.02 Å². The van der Waals surface area contributed by atoms with E-state index < -0.39 is 6.61 Å². The van der Waals surface area contributed by atoms with E-state index in [-0.39, 0.29) is 30.8 Å². The summed E-state index contributed by atoms with van der Waals surface area (Å²) in [6.07, 6.45) is 4.34. The Labute approximate surface area is 162 Å². The summed E-state index contributed by atoms with van der Waals surface area (Å²) in [5.74, 6) is 0.392. The number of amides is 1. The van der Waals surface area contributed by atoms with Crippen molar-refractivity contribution < 1.29 is 18.3 Å². The Kier molecular flexibility index (Phi) is 8.09. The SMILES string of the molecule is CN(C)C(=O)CNC(=NCc1cc(Cl)ccc1OC(F)F)NC1CCCC1. The number of nitrogens with zero attached hydrogens (tertiary/aromatic N) is 2. The van der Waals surface area contributed by atoms with Crippen molar-refractivity contribution in [3.05, 3.63) is 28.8 Å². The predicted molar refractivity (Wildman–Crippen MR) is 101 cm³/mol. The number of ether oxygens (including phenoxy) is 1. The Morgan fingerprint density at radius 3 is 2.70 bits per heavy atom. The van der Waals surface area contributed by atoms with Gasteiger partial charge in [-0.05, 0) is 31.0 Å². The highest BCUT2D eigenvalue weighted by atomic mass is 35.5. The second kappa shape index (κ2) is 10.3. The second-order valence-electron chi connectivity index (χ2n) is 6.56. The van der Waals surface area contributed by atoms with Crippen molar-refractivity contribution >= 4 is 23.5 Å². The lowest BCUT2D eigenvalue weighted by atomic mass is 10.2. The average molecular weight is 403 g/mol. The summed E-state index contributed by atoms with van der Waals surface area (Å²) >= 11 is 5.97. The van der Waals surface area contributed by atoms with Crippen LogP contribution in [0, 0.1) is 0 Å². The van der Waals surface area contributed by atoms with Crippen molar-refractivity contribution in [2.24, 2.45) is 4.99 Å². The summed E-state index contributed by atoms with van der Waals surface area (Å²) in [5.41, 5.74) is 0.439. The molecule has 1 aliphatic carbocycles. The van der Waals surface area contributed by atoms with Gasteiger partial charge in [-0.25, -0.2) is 4.99 Å². The zero-order valence-electron chi connectivity index (χ0n) is 15.5. The lowest BCUT2D eigenvalue weighted by Gasteiger charge is -2.19. The minimum absolute atomic E-state index is 0.0303. The maximum Gasteiger partial charge on any atom is 0.387 e. The monoisotopic (exact) mass is 402 g/mol. The van der Waals surface area contributed by atoms with Crippen molar-refractivity contribution in [2.45, 2.75) is 44.9 Å². The Bertz CT molecular complexity index is 665. The van der Waals surface area contributed by atoms with E-state index in [0.29, 0.717) is 16.5 Å². The number of carbonyl (C=O) groups is 1. The van der Waals surface area contributed by atoms with Crippen molar-refractivity contribution in [1.29, 1.82) is 0 Å². The summed E-state index contributed by atoms with van der Waals surface area (Å²) in [6, 6.07) is 4.70. The molecule has 1 aliphatic rings. The smallest absolute Gasteiger partial charge is 0.387 e. The average Bonchev–Trinajstić information content (AvgIpc) is 3.11. The molecule has 0 atom stereocenters. The molecule has 0 radical (unpaired) electrons. The zero-order valence-corrected chi connectivity index (χ0v) is 16.2. The van der Waals surface area contributed by atoms with Crippen LogP contribution >= 0.6 is 11.6 Å². The summed E-state index contributed by atoms with van der Waals surface area (Å²) in [4.78, 5) is 17.8. The van der Waals surface area contributed by atoms with Gasteiger partial charge in [0.2, 0.25) is 5.91 Å². The molecular formula is C18H25ClF2N4O2. The number of aliphatic imine (C=N–C) groups is 1.